The number of rotatable bonds is 3. The number of hydrogen-bond acceptors (Lipinski definition) is 5. The standard InChI is InChI=1S/C14H10ClNO4S/c1-19-10-4-2-3-9(7-10)14-16-12-6-5-11(21(15,17)18)8-13(12)20-14/h2-8H,1H3. The van der Waals surface area contributed by atoms with Crippen molar-refractivity contribution in [3.8, 4) is 17.2 Å². The molecule has 0 radical (unpaired) electrons. The molecule has 3 rings (SSSR count). The van der Waals surface area contributed by atoms with Crippen LogP contribution in [0.1, 0.15) is 0 Å². The Balaban J connectivity index is 2.12. The van der Waals surface area contributed by atoms with Gasteiger partial charge in [0.05, 0.1) is 12.0 Å². The number of oxazole rings is 1. The Hall–Kier alpha value is -2.05. The number of benzene rings is 2. The van der Waals surface area contributed by atoms with E-state index in [-0.39, 0.29) is 4.90 Å². The molecular formula is C14H10ClNO4S. The molecule has 1 aromatic heterocycles. The largest absolute Gasteiger partial charge is 0.497 e. The zero-order chi connectivity index (χ0) is 15.0. The van der Waals surface area contributed by atoms with Crippen LogP contribution in [0.2, 0.25) is 0 Å². The van der Waals surface area contributed by atoms with E-state index in [9.17, 15) is 8.42 Å². The highest BCUT2D eigenvalue weighted by molar-refractivity contribution is 8.13. The van der Waals surface area contributed by atoms with E-state index in [1.165, 1.54) is 12.1 Å². The van der Waals surface area contributed by atoms with Gasteiger partial charge in [-0.1, -0.05) is 6.07 Å². The molecule has 0 aliphatic carbocycles. The van der Waals surface area contributed by atoms with Crippen LogP contribution in [0.5, 0.6) is 5.75 Å². The van der Waals surface area contributed by atoms with E-state index in [0.717, 1.165) is 5.56 Å². The molecule has 0 fully saturated rings. The first-order valence-corrected chi connectivity index (χ1v) is 8.28. The van der Waals surface area contributed by atoms with Crippen LogP contribution in [0.25, 0.3) is 22.6 Å². The van der Waals surface area contributed by atoms with E-state index >= 15 is 0 Å². The predicted molar refractivity (Wildman–Crippen MR) is 79.0 cm³/mol. The molecule has 0 N–H and O–H groups in total. The Kier molecular flexibility index (Phi) is 3.35. The maximum absolute atomic E-state index is 11.3. The van der Waals surface area contributed by atoms with Crippen molar-refractivity contribution in [2.75, 3.05) is 7.11 Å². The van der Waals surface area contributed by atoms with Gasteiger partial charge in [-0.3, -0.25) is 0 Å². The highest BCUT2D eigenvalue weighted by atomic mass is 35.7. The quantitative estimate of drug-likeness (QED) is 0.691. The van der Waals surface area contributed by atoms with Crippen molar-refractivity contribution in [2.24, 2.45) is 0 Å². The van der Waals surface area contributed by atoms with Crippen LogP contribution >= 0.6 is 10.7 Å². The van der Waals surface area contributed by atoms with Crippen LogP contribution in [-0.2, 0) is 9.05 Å². The molecule has 108 valence electrons. The summed E-state index contributed by atoms with van der Waals surface area (Å²) in [7, 11) is 3.09. The van der Waals surface area contributed by atoms with Crippen molar-refractivity contribution in [3.63, 3.8) is 0 Å². The summed E-state index contributed by atoms with van der Waals surface area (Å²) in [5.74, 6) is 1.06. The molecule has 1 heterocycles. The van der Waals surface area contributed by atoms with Gasteiger partial charge in [0.15, 0.2) is 5.58 Å². The van der Waals surface area contributed by atoms with Crippen LogP contribution in [0, 0.1) is 0 Å². The number of methoxy groups -OCH3 is 1. The second-order valence-corrected chi connectivity index (χ2v) is 6.88. The van der Waals surface area contributed by atoms with Crippen molar-refractivity contribution in [2.45, 2.75) is 4.90 Å². The topological polar surface area (TPSA) is 69.4 Å². The van der Waals surface area contributed by atoms with E-state index in [1.807, 2.05) is 18.2 Å². The van der Waals surface area contributed by atoms with E-state index in [2.05, 4.69) is 4.98 Å². The fourth-order valence-corrected chi connectivity index (χ4v) is 2.70. The van der Waals surface area contributed by atoms with Gasteiger partial charge >= 0.3 is 0 Å². The van der Waals surface area contributed by atoms with E-state index in [0.29, 0.717) is 22.7 Å². The van der Waals surface area contributed by atoms with Crippen molar-refractivity contribution in [3.05, 3.63) is 42.5 Å². The smallest absolute Gasteiger partial charge is 0.261 e. The summed E-state index contributed by atoms with van der Waals surface area (Å²) in [5.41, 5.74) is 1.65. The summed E-state index contributed by atoms with van der Waals surface area (Å²) in [5, 5.41) is 0. The normalized spacial score (nSPS) is 11.7. The van der Waals surface area contributed by atoms with Crippen LogP contribution < -0.4 is 4.74 Å². The monoisotopic (exact) mass is 323 g/mol. The molecule has 0 unspecified atom stereocenters. The van der Waals surface area contributed by atoms with Gasteiger partial charge in [0.2, 0.25) is 5.89 Å². The molecular weight excluding hydrogens is 314 g/mol. The van der Waals surface area contributed by atoms with Crippen molar-refractivity contribution in [1.29, 1.82) is 0 Å². The number of halogens is 1. The highest BCUT2D eigenvalue weighted by Gasteiger charge is 2.14. The van der Waals surface area contributed by atoms with Crippen LogP contribution in [0.4, 0.5) is 0 Å². The molecule has 0 saturated carbocycles. The fourth-order valence-electron chi connectivity index (χ4n) is 1.94. The van der Waals surface area contributed by atoms with Gasteiger partial charge in [0.1, 0.15) is 11.3 Å². The molecule has 0 saturated heterocycles. The number of hydrogen-bond donors (Lipinski definition) is 0. The van der Waals surface area contributed by atoms with E-state index in [1.54, 1.807) is 19.2 Å². The molecule has 7 heteroatoms. The Bertz CT molecular complexity index is 918. The van der Waals surface area contributed by atoms with Gasteiger partial charge in [0, 0.05) is 22.3 Å². The van der Waals surface area contributed by atoms with Crippen molar-refractivity contribution in [1.82, 2.24) is 4.98 Å². The average Bonchev–Trinajstić information content (AvgIpc) is 2.89. The molecule has 2 aromatic carbocycles. The second kappa shape index (κ2) is 5.05. The third-order valence-corrected chi connectivity index (χ3v) is 4.31. The Morgan fingerprint density at radius 1 is 1.19 bits per heavy atom. The lowest BCUT2D eigenvalue weighted by atomic mass is 10.2. The van der Waals surface area contributed by atoms with Gasteiger partial charge < -0.3 is 9.15 Å². The zero-order valence-electron chi connectivity index (χ0n) is 10.9. The number of fused-ring (bicyclic) bond motifs is 1. The molecule has 5 nitrogen and oxygen atoms in total. The summed E-state index contributed by atoms with van der Waals surface area (Å²) in [6.07, 6.45) is 0. The summed E-state index contributed by atoms with van der Waals surface area (Å²) in [6.45, 7) is 0. The third-order valence-electron chi connectivity index (χ3n) is 2.96. The van der Waals surface area contributed by atoms with Gasteiger partial charge in [0.25, 0.3) is 9.05 Å². The van der Waals surface area contributed by atoms with Crippen LogP contribution in [0.15, 0.2) is 51.8 Å². The lowest BCUT2D eigenvalue weighted by Gasteiger charge is -2.00. The lowest BCUT2D eigenvalue weighted by molar-refractivity contribution is 0.415. The first-order chi connectivity index (χ1) is 9.97. The average molecular weight is 324 g/mol. The number of ether oxygens (including phenoxy) is 1. The van der Waals surface area contributed by atoms with Gasteiger partial charge in [-0.15, -0.1) is 0 Å². The third kappa shape index (κ3) is 2.72. The minimum atomic E-state index is -3.80. The molecule has 0 bridgehead atoms. The predicted octanol–water partition coefficient (Wildman–Crippen LogP) is 3.43. The van der Waals surface area contributed by atoms with E-state index < -0.39 is 9.05 Å². The van der Waals surface area contributed by atoms with Gasteiger partial charge in [-0.25, -0.2) is 13.4 Å². The summed E-state index contributed by atoms with van der Waals surface area (Å²) in [6, 6.07) is 11.5. The minimum Gasteiger partial charge on any atom is -0.497 e. The second-order valence-electron chi connectivity index (χ2n) is 4.32. The number of aromatic nitrogens is 1. The molecule has 0 aliphatic heterocycles. The molecule has 0 amide bonds. The Labute approximate surface area is 125 Å². The molecule has 0 aliphatic rings. The SMILES string of the molecule is COc1cccc(-c2nc3ccc(S(=O)(=O)Cl)cc3o2)c1. The molecule has 3 aromatic rings. The molecule has 0 atom stereocenters. The van der Waals surface area contributed by atoms with Gasteiger partial charge in [-0.2, -0.15) is 0 Å². The number of nitrogens with zero attached hydrogens (tertiary/aromatic N) is 1. The van der Waals surface area contributed by atoms with E-state index in [4.69, 9.17) is 19.8 Å². The van der Waals surface area contributed by atoms with Crippen LogP contribution in [-0.4, -0.2) is 20.5 Å². The maximum atomic E-state index is 11.3. The van der Waals surface area contributed by atoms with Crippen molar-refractivity contribution < 1.29 is 17.6 Å². The highest BCUT2D eigenvalue weighted by Crippen LogP contribution is 2.28. The lowest BCUT2D eigenvalue weighted by Crippen LogP contribution is -1.88. The minimum absolute atomic E-state index is 0.0231. The Morgan fingerprint density at radius 3 is 2.71 bits per heavy atom. The van der Waals surface area contributed by atoms with Gasteiger partial charge in [-0.05, 0) is 30.3 Å². The Morgan fingerprint density at radius 2 is 2.00 bits per heavy atom. The summed E-state index contributed by atoms with van der Waals surface area (Å²) >= 11 is 0. The maximum Gasteiger partial charge on any atom is 0.261 e. The summed E-state index contributed by atoms with van der Waals surface area (Å²) < 4.78 is 33.4. The molecule has 0 spiro atoms. The molecule has 21 heavy (non-hydrogen) atoms. The van der Waals surface area contributed by atoms with Crippen LogP contribution in [0.3, 0.4) is 0 Å². The first kappa shape index (κ1) is 13.9. The zero-order valence-corrected chi connectivity index (χ0v) is 12.5. The fraction of sp³-hybridized carbons (Fsp3) is 0.0714. The summed E-state index contributed by atoms with van der Waals surface area (Å²) in [4.78, 5) is 4.30. The first-order valence-electron chi connectivity index (χ1n) is 5.97. The van der Waals surface area contributed by atoms with Crippen molar-refractivity contribution >= 4 is 30.8 Å².